The van der Waals surface area contributed by atoms with E-state index in [1.54, 1.807) is 4.70 Å². The number of hydrogen-bond acceptors (Lipinski definition) is 0. The molecule has 0 aromatic heterocycles. The van der Waals surface area contributed by atoms with Crippen LogP contribution in [0.4, 0.5) is 0 Å². The zero-order chi connectivity index (χ0) is 66.6. The number of unbranched alkanes of at least 4 members (excludes halogenated alkanes) is 53. The number of rotatable bonds is 69. The zero-order valence-electron chi connectivity index (χ0n) is 63.7. The van der Waals surface area contributed by atoms with Crippen LogP contribution in [-0.2, 0) is 27.3 Å². The first kappa shape index (κ1) is 86.8. The van der Waals surface area contributed by atoms with Crippen LogP contribution in [0, 0.1) is 0 Å². The van der Waals surface area contributed by atoms with Gasteiger partial charge >= 0.3 is 166 Å². The van der Waals surface area contributed by atoms with E-state index in [1.807, 2.05) is 14.4 Å². The first-order valence-corrected chi connectivity index (χ1v) is 43.7. The van der Waals surface area contributed by atoms with Crippen molar-refractivity contribution in [1.29, 1.82) is 0 Å². The second-order valence-corrected chi connectivity index (χ2v) is 30.7. The van der Waals surface area contributed by atoms with E-state index in [-0.39, 0.29) is 0 Å². The third-order valence-corrected chi connectivity index (χ3v) is 21.7. The zero-order valence-corrected chi connectivity index (χ0v) is 64.6. The molecule has 540 valence electrons. The van der Waals surface area contributed by atoms with Crippen molar-refractivity contribution in [3.05, 3.63) is 99.6 Å². The summed E-state index contributed by atoms with van der Waals surface area (Å²) < 4.78 is 1.62. The minimum Gasteiger partial charge on any atom is -0.0654 e. The summed E-state index contributed by atoms with van der Waals surface area (Å²) in [7, 11) is 0. The van der Waals surface area contributed by atoms with Gasteiger partial charge in [0.1, 0.15) is 0 Å². The molecule has 1 aliphatic heterocycles. The molecule has 3 rings (SSSR count). The molecule has 0 fully saturated rings. The normalized spacial score (nSPS) is 12.6. The standard InChI is InChI=1S/C54H86N2.2C18H37.Ni/c1-5-9-13-15-17-18-19-20-21-22-23-24-25-26-27-28-29-30-31-33-40-48-41-35-36-44-50(48)54-52(43-12-8-4)51(45-34-32-16-14-10-6-2)53(56(54)55)49-42-37-39-47(46-49)38-11-7-3;2*1-3-5-7-9-11-13-15-17-18-16-14-12-10-8-6-4-2;/h29-30,35-37,39,41-42,44,46H,5-28,31-34,38,40,43,45H2,1-4H3;2*1,3-18H2,2H3;. The fourth-order valence-electron chi connectivity index (χ4n) is 14.2. The number of aryl methyl sites for hydroxylation is 2. The summed E-state index contributed by atoms with van der Waals surface area (Å²) >= 11 is 2.04. The van der Waals surface area contributed by atoms with E-state index in [0.29, 0.717) is 0 Å². The molecule has 0 aliphatic carbocycles. The van der Waals surface area contributed by atoms with Gasteiger partial charge in [-0.15, -0.1) is 0 Å². The Morgan fingerprint density at radius 2 is 0.613 bits per heavy atom. The summed E-state index contributed by atoms with van der Waals surface area (Å²) in [5, 5.41) is 2.87. The van der Waals surface area contributed by atoms with E-state index < -0.39 is 0 Å². The van der Waals surface area contributed by atoms with Gasteiger partial charge in [0.05, 0.1) is 0 Å². The molecular formula is C90H160N2Ni. The first-order chi connectivity index (χ1) is 46.1. The van der Waals surface area contributed by atoms with Gasteiger partial charge < -0.3 is 5.53 Å². The second-order valence-electron chi connectivity index (χ2n) is 29.2. The van der Waals surface area contributed by atoms with Crippen LogP contribution in [0.15, 0.2) is 71.8 Å². The van der Waals surface area contributed by atoms with Gasteiger partial charge in [0.25, 0.3) is 0 Å². The van der Waals surface area contributed by atoms with Gasteiger partial charge in [0.15, 0.2) is 0 Å². The Bertz CT molecular complexity index is 1990. The van der Waals surface area contributed by atoms with Crippen molar-refractivity contribution >= 4 is 11.4 Å². The molecule has 1 aliphatic rings. The van der Waals surface area contributed by atoms with Crippen molar-refractivity contribution in [2.45, 2.75) is 463 Å². The minimum atomic E-state index is 1.02. The van der Waals surface area contributed by atoms with Gasteiger partial charge in [0.2, 0.25) is 11.4 Å². The van der Waals surface area contributed by atoms with Gasteiger partial charge in [-0.1, -0.05) is 283 Å². The third kappa shape index (κ3) is 49.0. The van der Waals surface area contributed by atoms with E-state index in [4.69, 9.17) is 0 Å². The number of hydrogen-bond donors (Lipinski definition) is 0. The number of benzene rings is 2. The van der Waals surface area contributed by atoms with Crippen molar-refractivity contribution in [2.24, 2.45) is 0 Å². The van der Waals surface area contributed by atoms with Gasteiger partial charge in [-0.2, -0.15) is 0 Å². The Balaban J connectivity index is 0.000000693. The molecule has 0 radical (unpaired) electrons. The van der Waals surface area contributed by atoms with Crippen LogP contribution in [0.1, 0.15) is 462 Å². The molecule has 2 aromatic rings. The van der Waals surface area contributed by atoms with E-state index >= 15 is 0 Å². The van der Waals surface area contributed by atoms with Crippen LogP contribution in [0.2, 0.25) is 10.8 Å². The van der Waals surface area contributed by atoms with Crippen molar-refractivity contribution in [2.75, 3.05) is 0 Å². The van der Waals surface area contributed by atoms with Crippen LogP contribution in [0.25, 0.3) is 16.9 Å². The molecule has 0 saturated heterocycles. The Kier molecular flexibility index (Phi) is 63.8. The van der Waals surface area contributed by atoms with E-state index in [2.05, 4.69) is 102 Å². The monoisotopic (exact) mass is 1330 g/mol. The van der Waals surface area contributed by atoms with Crippen molar-refractivity contribution in [3.8, 4) is 0 Å². The van der Waals surface area contributed by atoms with Crippen LogP contribution in [0.3, 0.4) is 0 Å². The summed E-state index contributed by atoms with van der Waals surface area (Å²) in [4.78, 5) is 0. The number of nitrogens with zero attached hydrogens (tertiary/aromatic N) is 2. The molecule has 93 heavy (non-hydrogen) atoms. The maximum atomic E-state index is 12.3. The molecule has 0 atom stereocenters. The molecule has 0 saturated carbocycles. The fraction of sp³-hybridized carbons (Fsp3) is 0.800. The predicted octanol–water partition coefficient (Wildman–Crippen LogP) is 32.7. The molecule has 2 nitrogen and oxygen atoms in total. The summed E-state index contributed by atoms with van der Waals surface area (Å²) in [5.74, 6) is 0. The molecule has 1 heterocycles. The predicted molar refractivity (Wildman–Crippen MR) is 417 cm³/mol. The van der Waals surface area contributed by atoms with Crippen molar-refractivity contribution in [1.82, 2.24) is 0 Å². The Morgan fingerprint density at radius 1 is 0.290 bits per heavy atom. The fourth-order valence-corrected chi connectivity index (χ4v) is 15.4. The van der Waals surface area contributed by atoms with Gasteiger partial charge in [-0.25, -0.2) is 4.70 Å². The van der Waals surface area contributed by atoms with E-state index in [9.17, 15) is 5.53 Å². The molecule has 3 heteroatoms. The molecule has 0 amide bonds. The average molecular weight is 1330 g/mol. The van der Waals surface area contributed by atoms with E-state index in [0.717, 1.165) is 62.8 Å². The second kappa shape index (κ2) is 68.3. The summed E-state index contributed by atoms with van der Waals surface area (Å²) in [6, 6.07) is 18.0. The van der Waals surface area contributed by atoms with Crippen molar-refractivity contribution in [3.63, 3.8) is 0 Å². The van der Waals surface area contributed by atoms with Crippen LogP contribution >= 0.6 is 0 Å². The quantitative estimate of drug-likeness (QED) is 0.0273. The molecule has 0 unspecified atom stereocenters. The Hall–Kier alpha value is -2.25. The topological polar surface area (TPSA) is 25.3 Å². The van der Waals surface area contributed by atoms with Gasteiger partial charge in [-0.05, 0) is 100.0 Å². The number of allylic oxidation sites excluding steroid dienone is 4. The first-order valence-electron chi connectivity index (χ1n) is 42.3. The molecule has 0 bridgehead atoms. The van der Waals surface area contributed by atoms with E-state index in [1.165, 1.54) is 404 Å². The Morgan fingerprint density at radius 3 is 1.02 bits per heavy atom. The Labute approximate surface area is 589 Å². The van der Waals surface area contributed by atoms with Gasteiger partial charge in [-0.3, -0.25) is 0 Å². The average Bonchev–Trinajstić information content (AvgIpc) is 1.61. The van der Waals surface area contributed by atoms with Gasteiger partial charge in [0, 0.05) is 22.3 Å². The van der Waals surface area contributed by atoms with Crippen LogP contribution in [-0.4, -0.2) is 4.70 Å². The van der Waals surface area contributed by atoms with Crippen LogP contribution in [0.5, 0.6) is 0 Å². The molecule has 0 spiro atoms. The molecular weight excluding hydrogens is 1170 g/mol. The summed E-state index contributed by atoms with van der Waals surface area (Å²) in [6.07, 6.45) is 93.5. The van der Waals surface area contributed by atoms with Crippen LogP contribution < -0.4 is 0 Å². The third-order valence-electron chi connectivity index (χ3n) is 20.3. The smallest absolute Gasteiger partial charge is 0.0654 e. The summed E-state index contributed by atoms with van der Waals surface area (Å²) in [5.41, 5.74) is 22.3. The maximum absolute atomic E-state index is 12.3. The molecule has 0 N–H and O–H groups in total. The summed E-state index contributed by atoms with van der Waals surface area (Å²) in [6.45, 7) is 13.8. The van der Waals surface area contributed by atoms with Crippen molar-refractivity contribution < 1.29 is 19.1 Å². The minimum absolute atomic E-state index is 1.02. The molecule has 2 aromatic carbocycles. The SMILES string of the molecule is CCCCCCCCCCCCCCCCCC=CCCCc1ccccc1C1=C(CCCC)C(CCCCCCCC)=C(c2cccc(CCCC)c2)[N+]1=[N-].CCCCCCCCCCCCCCCCC[CH2][Ni][CH2]CCCCCCCCCCCCCCCCC.